The molecule has 0 unspecified atom stereocenters. The van der Waals surface area contributed by atoms with Gasteiger partial charge in [-0.25, -0.2) is 4.39 Å². The molecule has 0 aromatic heterocycles. The molecule has 2 aromatic rings. The number of rotatable bonds is 1. The SMILES string of the molecule is Nc1c(F)cccc1C(=O)N1CCc2ccc(O)cc2C1. The van der Waals surface area contributed by atoms with Crippen molar-refractivity contribution in [2.24, 2.45) is 0 Å². The Bertz CT molecular complexity index is 715. The number of anilines is 1. The number of nitrogens with two attached hydrogens (primary N) is 1. The van der Waals surface area contributed by atoms with E-state index in [9.17, 15) is 14.3 Å². The minimum Gasteiger partial charge on any atom is -0.508 e. The van der Waals surface area contributed by atoms with Crippen molar-refractivity contribution in [1.82, 2.24) is 4.90 Å². The number of hydrogen-bond donors (Lipinski definition) is 2. The highest BCUT2D eigenvalue weighted by Crippen LogP contribution is 2.25. The number of hydrogen-bond acceptors (Lipinski definition) is 3. The van der Waals surface area contributed by atoms with Crippen LogP contribution in [0.2, 0.25) is 0 Å². The first kappa shape index (κ1) is 13.4. The van der Waals surface area contributed by atoms with Crippen LogP contribution in [0.5, 0.6) is 5.75 Å². The zero-order valence-electron chi connectivity index (χ0n) is 11.3. The second-order valence-corrected chi connectivity index (χ2v) is 5.13. The number of amides is 1. The number of aromatic hydroxyl groups is 1. The van der Waals surface area contributed by atoms with E-state index in [-0.39, 0.29) is 22.9 Å². The Kier molecular flexibility index (Phi) is 3.25. The Morgan fingerprint density at radius 1 is 1.24 bits per heavy atom. The van der Waals surface area contributed by atoms with Crippen molar-refractivity contribution in [1.29, 1.82) is 0 Å². The lowest BCUT2D eigenvalue weighted by atomic mass is 9.98. The highest BCUT2D eigenvalue weighted by molar-refractivity contribution is 5.99. The number of benzene rings is 2. The number of carbonyl (C=O) groups excluding carboxylic acids is 1. The monoisotopic (exact) mass is 286 g/mol. The molecule has 1 aliphatic rings. The van der Waals surface area contributed by atoms with Crippen LogP contribution in [0.3, 0.4) is 0 Å². The molecule has 3 N–H and O–H groups in total. The number of nitrogens with zero attached hydrogens (tertiary/aromatic N) is 1. The maximum Gasteiger partial charge on any atom is 0.256 e. The quantitative estimate of drug-likeness (QED) is 0.791. The minimum absolute atomic E-state index is 0.121. The summed E-state index contributed by atoms with van der Waals surface area (Å²) in [5.74, 6) is -0.704. The van der Waals surface area contributed by atoms with E-state index in [0.29, 0.717) is 19.5 Å². The fourth-order valence-electron chi connectivity index (χ4n) is 2.61. The third-order valence-corrected chi connectivity index (χ3v) is 3.77. The molecular formula is C16H15FN2O2. The number of carbonyl (C=O) groups is 1. The molecule has 2 aromatic carbocycles. The molecule has 0 bridgehead atoms. The fraction of sp³-hybridized carbons (Fsp3) is 0.188. The van der Waals surface area contributed by atoms with E-state index >= 15 is 0 Å². The first-order valence-electron chi connectivity index (χ1n) is 6.70. The standard InChI is InChI=1S/C16H15FN2O2/c17-14-3-1-2-13(15(14)18)16(21)19-7-6-10-4-5-12(20)8-11(10)9-19/h1-5,8,20H,6-7,9,18H2. The Balaban J connectivity index is 1.89. The average Bonchev–Trinajstić information content (AvgIpc) is 2.48. The summed E-state index contributed by atoms with van der Waals surface area (Å²) < 4.78 is 13.5. The summed E-state index contributed by atoms with van der Waals surface area (Å²) in [6.45, 7) is 0.936. The van der Waals surface area contributed by atoms with Crippen LogP contribution in [0.25, 0.3) is 0 Å². The number of fused-ring (bicyclic) bond motifs is 1. The number of phenolic OH excluding ortho intramolecular Hbond substituents is 1. The van der Waals surface area contributed by atoms with E-state index in [1.807, 2.05) is 6.07 Å². The van der Waals surface area contributed by atoms with Gasteiger partial charge in [-0.3, -0.25) is 4.79 Å². The normalized spacial score (nSPS) is 13.9. The van der Waals surface area contributed by atoms with Crippen LogP contribution in [-0.4, -0.2) is 22.5 Å². The van der Waals surface area contributed by atoms with E-state index in [0.717, 1.165) is 11.1 Å². The van der Waals surface area contributed by atoms with Crippen LogP contribution in [0.15, 0.2) is 36.4 Å². The van der Waals surface area contributed by atoms with Gasteiger partial charge in [0.25, 0.3) is 5.91 Å². The average molecular weight is 286 g/mol. The van der Waals surface area contributed by atoms with Gasteiger partial charge in [0.1, 0.15) is 11.6 Å². The molecular weight excluding hydrogens is 271 g/mol. The first-order valence-corrected chi connectivity index (χ1v) is 6.70. The summed E-state index contributed by atoms with van der Waals surface area (Å²) in [6, 6.07) is 9.39. The topological polar surface area (TPSA) is 66.6 Å². The molecule has 0 saturated carbocycles. The fourth-order valence-corrected chi connectivity index (χ4v) is 2.61. The molecule has 3 rings (SSSR count). The molecule has 0 atom stereocenters. The second kappa shape index (κ2) is 5.09. The van der Waals surface area contributed by atoms with Crippen molar-refractivity contribution in [3.63, 3.8) is 0 Å². The summed E-state index contributed by atoms with van der Waals surface area (Å²) >= 11 is 0. The zero-order valence-corrected chi connectivity index (χ0v) is 11.3. The van der Waals surface area contributed by atoms with Gasteiger partial charge in [-0.2, -0.15) is 0 Å². The van der Waals surface area contributed by atoms with Gasteiger partial charge in [0.2, 0.25) is 0 Å². The van der Waals surface area contributed by atoms with Gasteiger partial charge in [-0.15, -0.1) is 0 Å². The van der Waals surface area contributed by atoms with Gasteiger partial charge >= 0.3 is 0 Å². The first-order chi connectivity index (χ1) is 10.1. The van der Waals surface area contributed by atoms with E-state index in [1.165, 1.54) is 18.2 Å². The molecule has 1 heterocycles. The Morgan fingerprint density at radius 3 is 2.86 bits per heavy atom. The Hall–Kier alpha value is -2.56. The number of nitrogen functional groups attached to an aromatic ring is 1. The van der Waals surface area contributed by atoms with Crippen molar-refractivity contribution in [3.8, 4) is 5.75 Å². The number of para-hydroxylation sites is 1. The molecule has 1 aliphatic heterocycles. The highest BCUT2D eigenvalue weighted by atomic mass is 19.1. The van der Waals surface area contributed by atoms with Crippen LogP contribution in [0.4, 0.5) is 10.1 Å². The van der Waals surface area contributed by atoms with Crippen LogP contribution in [-0.2, 0) is 13.0 Å². The van der Waals surface area contributed by atoms with Gasteiger partial charge in [-0.1, -0.05) is 12.1 Å². The maximum atomic E-state index is 13.5. The van der Waals surface area contributed by atoms with Gasteiger partial charge < -0.3 is 15.7 Å². The number of phenols is 1. The summed E-state index contributed by atoms with van der Waals surface area (Å²) in [5, 5.41) is 9.54. The third kappa shape index (κ3) is 2.42. The summed E-state index contributed by atoms with van der Waals surface area (Å²) in [7, 11) is 0. The van der Waals surface area contributed by atoms with Crippen LogP contribution in [0.1, 0.15) is 21.5 Å². The van der Waals surface area contributed by atoms with E-state index in [2.05, 4.69) is 0 Å². The molecule has 0 saturated heterocycles. The second-order valence-electron chi connectivity index (χ2n) is 5.13. The molecule has 21 heavy (non-hydrogen) atoms. The molecule has 0 fully saturated rings. The lowest BCUT2D eigenvalue weighted by molar-refractivity contribution is 0.0735. The third-order valence-electron chi connectivity index (χ3n) is 3.77. The van der Waals surface area contributed by atoms with Crippen molar-refractivity contribution < 1.29 is 14.3 Å². The summed E-state index contributed by atoms with van der Waals surface area (Å²) in [6.07, 6.45) is 0.705. The highest BCUT2D eigenvalue weighted by Gasteiger charge is 2.24. The smallest absolute Gasteiger partial charge is 0.256 e. The molecule has 108 valence electrons. The van der Waals surface area contributed by atoms with Crippen molar-refractivity contribution in [3.05, 3.63) is 58.9 Å². The molecule has 0 radical (unpaired) electrons. The van der Waals surface area contributed by atoms with Gasteiger partial charge in [0, 0.05) is 13.1 Å². The molecule has 4 nitrogen and oxygen atoms in total. The molecule has 0 spiro atoms. The predicted octanol–water partition coefficient (Wildman–Crippen LogP) is 2.31. The van der Waals surface area contributed by atoms with Gasteiger partial charge in [0.15, 0.2) is 0 Å². The Labute approximate surface area is 121 Å². The Morgan fingerprint density at radius 2 is 2.05 bits per heavy atom. The maximum absolute atomic E-state index is 13.5. The molecule has 5 heteroatoms. The van der Waals surface area contributed by atoms with Gasteiger partial charge in [0.05, 0.1) is 11.3 Å². The van der Waals surface area contributed by atoms with Crippen LogP contribution >= 0.6 is 0 Å². The van der Waals surface area contributed by atoms with E-state index in [4.69, 9.17) is 5.73 Å². The van der Waals surface area contributed by atoms with Crippen molar-refractivity contribution in [2.45, 2.75) is 13.0 Å². The summed E-state index contributed by atoms with van der Waals surface area (Å²) in [5.41, 5.74) is 7.73. The lowest BCUT2D eigenvalue weighted by Gasteiger charge is -2.29. The zero-order chi connectivity index (χ0) is 15.0. The van der Waals surface area contributed by atoms with Crippen molar-refractivity contribution in [2.75, 3.05) is 12.3 Å². The van der Waals surface area contributed by atoms with Crippen LogP contribution < -0.4 is 5.73 Å². The van der Waals surface area contributed by atoms with Crippen molar-refractivity contribution >= 4 is 11.6 Å². The largest absolute Gasteiger partial charge is 0.508 e. The predicted molar refractivity (Wildman–Crippen MR) is 77.4 cm³/mol. The number of halogens is 1. The minimum atomic E-state index is -0.587. The van der Waals surface area contributed by atoms with Crippen LogP contribution in [0, 0.1) is 5.82 Å². The van der Waals surface area contributed by atoms with E-state index in [1.54, 1.807) is 17.0 Å². The molecule has 1 amide bonds. The van der Waals surface area contributed by atoms with E-state index < -0.39 is 5.82 Å². The molecule has 0 aliphatic carbocycles. The van der Waals surface area contributed by atoms with Gasteiger partial charge in [-0.05, 0) is 41.8 Å². The lowest BCUT2D eigenvalue weighted by Crippen LogP contribution is -2.36. The summed E-state index contributed by atoms with van der Waals surface area (Å²) in [4.78, 5) is 14.1.